The summed E-state index contributed by atoms with van der Waals surface area (Å²) in [5, 5.41) is 24.7. The number of hydrazone groups is 1. The zero-order valence-corrected chi connectivity index (χ0v) is 18.0. The summed E-state index contributed by atoms with van der Waals surface area (Å²) in [6, 6.07) is 6.28. The number of hydrogen-bond acceptors (Lipinski definition) is 6. The van der Waals surface area contributed by atoms with Gasteiger partial charge < -0.3 is 15.5 Å². The Morgan fingerprint density at radius 3 is 2.39 bits per heavy atom. The zero-order chi connectivity index (χ0) is 24.6. The van der Waals surface area contributed by atoms with Gasteiger partial charge in [-0.25, -0.2) is 10.2 Å². The van der Waals surface area contributed by atoms with Gasteiger partial charge in [0.1, 0.15) is 17.4 Å². The first-order valence-corrected chi connectivity index (χ1v) is 10.8. The number of carbonyl (C=O) groups is 3. The van der Waals surface area contributed by atoms with Gasteiger partial charge in [0.15, 0.2) is 0 Å². The van der Waals surface area contributed by atoms with Gasteiger partial charge in [-0.2, -0.15) is 30.0 Å². The molecule has 0 spiro atoms. The standard InChI is InChI=1S/C21H20F3N3O5S/c1-33-9-8-16(26-18(29)13-3-5-14(6-4-13)21(22,23)24)19(30)27-25-11-12-2-7-17(28)15(10-12)20(31)32/h2-7,10-11,16,28H,8-9H2,1H3,(H,26,29)(H,27,30)(H,31,32). The molecule has 0 aliphatic carbocycles. The van der Waals surface area contributed by atoms with Gasteiger partial charge in [0.25, 0.3) is 11.8 Å². The Hall–Kier alpha value is -3.54. The van der Waals surface area contributed by atoms with E-state index in [9.17, 15) is 32.7 Å². The van der Waals surface area contributed by atoms with E-state index in [0.29, 0.717) is 11.3 Å². The quantitative estimate of drug-likeness (QED) is 0.321. The molecule has 0 aliphatic rings. The maximum Gasteiger partial charge on any atom is 0.416 e. The molecule has 2 aromatic rings. The first-order chi connectivity index (χ1) is 15.5. The molecule has 0 saturated heterocycles. The molecule has 0 bridgehead atoms. The van der Waals surface area contributed by atoms with Crippen molar-refractivity contribution >= 4 is 35.8 Å². The maximum atomic E-state index is 12.7. The Morgan fingerprint density at radius 2 is 1.82 bits per heavy atom. The van der Waals surface area contributed by atoms with Crippen LogP contribution in [0.25, 0.3) is 0 Å². The van der Waals surface area contributed by atoms with Crippen molar-refractivity contribution in [3.8, 4) is 5.75 Å². The summed E-state index contributed by atoms with van der Waals surface area (Å²) < 4.78 is 38.1. The number of aromatic carboxylic acids is 1. The first-order valence-electron chi connectivity index (χ1n) is 9.39. The van der Waals surface area contributed by atoms with Crippen molar-refractivity contribution in [2.45, 2.75) is 18.6 Å². The van der Waals surface area contributed by atoms with E-state index in [1.54, 1.807) is 6.26 Å². The van der Waals surface area contributed by atoms with Gasteiger partial charge in [-0.15, -0.1) is 0 Å². The van der Waals surface area contributed by atoms with E-state index >= 15 is 0 Å². The molecule has 2 aromatic carbocycles. The minimum absolute atomic E-state index is 0.0428. The van der Waals surface area contributed by atoms with Gasteiger partial charge in [0.05, 0.1) is 11.8 Å². The van der Waals surface area contributed by atoms with Gasteiger partial charge in [-0.1, -0.05) is 0 Å². The number of nitrogens with one attached hydrogen (secondary N) is 2. The summed E-state index contributed by atoms with van der Waals surface area (Å²) in [5.74, 6) is -2.65. The number of halogens is 3. The summed E-state index contributed by atoms with van der Waals surface area (Å²) in [4.78, 5) is 36.0. The minimum Gasteiger partial charge on any atom is -0.507 e. The summed E-state index contributed by atoms with van der Waals surface area (Å²) in [6.45, 7) is 0. The number of carboxylic acid groups (broad SMARTS) is 1. The first kappa shape index (κ1) is 25.7. The average Bonchev–Trinajstić information content (AvgIpc) is 2.76. The molecule has 1 atom stereocenters. The van der Waals surface area contributed by atoms with Crippen molar-refractivity contribution in [1.82, 2.24) is 10.7 Å². The summed E-state index contributed by atoms with van der Waals surface area (Å²) in [7, 11) is 0. The predicted octanol–water partition coefficient (Wildman–Crippen LogP) is 3.11. The SMILES string of the molecule is CSCCC(NC(=O)c1ccc(C(F)(F)F)cc1)C(=O)NN=Cc1ccc(O)c(C(=O)O)c1. The van der Waals surface area contributed by atoms with Gasteiger partial charge in [0, 0.05) is 5.56 Å². The third-order valence-electron chi connectivity index (χ3n) is 4.35. The Labute approximate surface area is 190 Å². The van der Waals surface area contributed by atoms with E-state index < -0.39 is 41.3 Å². The molecule has 4 N–H and O–H groups in total. The molecule has 0 heterocycles. The normalized spacial score (nSPS) is 12.4. The van der Waals surface area contributed by atoms with Gasteiger partial charge >= 0.3 is 12.1 Å². The Morgan fingerprint density at radius 1 is 1.15 bits per heavy atom. The second-order valence-electron chi connectivity index (χ2n) is 6.70. The molecule has 0 saturated carbocycles. The molecule has 2 rings (SSSR count). The number of rotatable bonds is 9. The van der Waals surface area contributed by atoms with Crippen LogP contribution in [0.1, 0.15) is 38.3 Å². The molecule has 0 aromatic heterocycles. The fraction of sp³-hybridized carbons (Fsp3) is 0.238. The van der Waals surface area contributed by atoms with Crippen LogP contribution in [0.2, 0.25) is 0 Å². The minimum atomic E-state index is -4.53. The van der Waals surface area contributed by atoms with Crippen LogP contribution in [0.3, 0.4) is 0 Å². The predicted molar refractivity (Wildman–Crippen MR) is 117 cm³/mol. The number of carbonyl (C=O) groups excluding carboxylic acids is 2. The second kappa shape index (κ2) is 11.4. The van der Waals surface area contributed by atoms with E-state index in [0.717, 1.165) is 42.6 Å². The van der Waals surface area contributed by atoms with Crippen molar-refractivity contribution in [2.75, 3.05) is 12.0 Å². The number of phenols is 1. The summed E-state index contributed by atoms with van der Waals surface area (Å²) in [6.07, 6.45) is -1.34. The van der Waals surface area contributed by atoms with Crippen LogP contribution >= 0.6 is 11.8 Å². The number of nitrogens with zero attached hydrogens (tertiary/aromatic N) is 1. The summed E-state index contributed by atoms with van der Waals surface area (Å²) in [5.41, 5.74) is 1.25. The van der Waals surface area contributed by atoms with E-state index in [-0.39, 0.29) is 17.5 Å². The number of amides is 2. The Balaban J connectivity index is 2.07. The van der Waals surface area contributed by atoms with E-state index in [1.165, 1.54) is 17.8 Å². The van der Waals surface area contributed by atoms with E-state index in [4.69, 9.17) is 5.11 Å². The largest absolute Gasteiger partial charge is 0.507 e. The second-order valence-corrected chi connectivity index (χ2v) is 7.68. The van der Waals surface area contributed by atoms with Crippen LogP contribution < -0.4 is 10.7 Å². The molecule has 0 aliphatic heterocycles. The van der Waals surface area contributed by atoms with Crippen LogP contribution in [0.15, 0.2) is 47.6 Å². The van der Waals surface area contributed by atoms with E-state index in [2.05, 4.69) is 15.8 Å². The molecule has 8 nitrogen and oxygen atoms in total. The maximum absolute atomic E-state index is 12.7. The molecular weight excluding hydrogens is 463 g/mol. The number of benzene rings is 2. The Bertz CT molecular complexity index is 1040. The van der Waals surface area contributed by atoms with Gasteiger partial charge in [-0.05, 0) is 66.5 Å². The van der Waals surface area contributed by atoms with Crippen LogP contribution in [-0.4, -0.2) is 52.3 Å². The van der Waals surface area contributed by atoms with Crippen LogP contribution in [-0.2, 0) is 11.0 Å². The van der Waals surface area contributed by atoms with Crippen molar-refractivity contribution in [3.63, 3.8) is 0 Å². The molecule has 1 unspecified atom stereocenters. The van der Waals surface area contributed by atoms with Crippen molar-refractivity contribution in [3.05, 3.63) is 64.7 Å². The lowest BCUT2D eigenvalue weighted by molar-refractivity contribution is -0.137. The van der Waals surface area contributed by atoms with Crippen LogP contribution in [0, 0.1) is 0 Å². The fourth-order valence-electron chi connectivity index (χ4n) is 2.61. The van der Waals surface area contributed by atoms with Crippen molar-refractivity contribution in [2.24, 2.45) is 5.10 Å². The lowest BCUT2D eigenvalue weighted by Crippen LogP contribution is -2.45. The van der Waals surface area contributed by atoms with Crippen LogP contribution in [0.5, 0.6) is 5.75 Å². The topological polar surface area (TPSA) is 128 Å². The van der Waals surface area contributed by atoms with E-state index in [1.807, 2.05) is 0 Å². The third kappa shape index (κ3) is 7.52. The lowest BCUT2D eigenvalue weighted by Gasteiger charge is -2.17. The highest BCUT2D eigenvalue weighted by Gasteiger charge is 2.30. The molecule has 12 heteroatoms. The van der Waals surface area contributed by atoms with Gasteiger partial charge in [0.2, 0.25) is 0 Å². The molecule has 2 amide bonds. The molecule has 33 heavy (non-hydrogen) atoms. The van der Waals surface area contributed by atoms with Crippen LogP contribution in [0.4, 0.5) is 13.2 Å². The number of hydrogen-bond donors (Lipinski definition) is 4. The zero-order valence-electron chi connectivity index (χ0n) is 17.2. The molecular formula is C21H20F3N3O5S. The molecule has 0 radical (unpaired) electrons. The number of alkyl halides is 3. The highest BCUT2D eigenvalue weighted by molar-refractivity contribution is 7.98. The fourth-order valence-corrected chi connectivity index (χ4v) is 3.08. The molecule has 0 fully saturated rings. The number of thioether (sulfide) groups is 1. The lowest BCUT2D eigenvalue weighted by atomic mass is 10.1. The number of carboxylic acids is 1. The number of aromatic hydroxyl groups is 1. The summed E-state index contributed by atoms with van der Waals surface area (Å²) >= 11 is 1.43. The van der Waals surface area contributed by atoms with Crippen molar-refractivity contribution < 1.29 is 37.8 Å². The third-order valence-corrected chi connectivity index (χ3v) is 4.99. The monoisotopic (exact) mass is 483 g/mol. The molecule has 176 valence electrons. The Kier molecular flexibility index (Phi) is 8.85. The highest BCUT2D eigenvalue weighted by atomic mass is 32.2. The smallest absolute Gasteiger partial charge is 0.416 e. The van der Waals surface area contributed by atoms with Gasteiger partial charge in [-0.3, -0.25) is 9.59 Å². The highest BCUT2D eigenvalue weighted by Crippen LogP contribution is 2.29. The van der Waals surface area contributed by atoms with Crippen molar-refractivity contribution in [1.29, 1.82) is 0 Å². The average molecular weight is 483 g/mol.